The van der Waals surface area contributed by atoms with E-state index in [2.05, 4.69) is 0 Å². The van der Waals surface area contributed by atoms with Crippen molar-refractivity contribution in [3.8, 4) is 5.75 Å². The molecule has 0 bridgehead atoms. The molecule has 190 valence electrons. The Labute approximate surface area is 210 Å². The fourth-order valence-electron chi connectivity index (χ4n) is 4.25. The van der Waals surface area contributed by atoms with Gasteiger partial charge in [-0.05, 0) is 75.2 Å². The van der Waals surface area contributed by atoms with E-state index in [4.69, 9.17) is 9.47 Å². The van der Waals surface area contributed by atoms with Crippen LogP contribution in [-0.4, -0.2) is 46.9 Å². The van der Waals surface area contributed by atoms with Crippen LogP contribution < -0.4 is 4.74 Å². The standard InChI is InChI=1S/C28H31FN2O5/c1-7-36-28(34)25-17(2)24(18(3)30(25)5)26(32)19(4)31(16-20-8-12-22(29)13-9-20)27(33)21-10-14-23(35-6)15-11-21/h8-15,19H,7,16H2,1-6H3/t19-/m0/s1. The van der Waals surface area contributed by atoms with Gasteiger partial charge in [-0.1, -0.05) is 12.1 Å². The normalized spacial score (nSPS) is 11.6. The molecule has 3 aromatic rings. The van der Waals surface area contributed by atoms with Gasteiger partial charge < -0.3 is 18.9 Å². The summed E-state index contributed by atoms with van der Waals surface area (Å²) in [6, 6.07) is 11.5. The zero-order valence-corrected chi connectivity index (χ0v) is 21.4. The van der Waals surface area contributed by atoms with Crippen LogP contribution in [-0.2, 0) is 18.3 Å². The summed E-state index contributed by atoms with van der Waals surface area (Å²) in [5.41, 5.74) is 2.84. The number of halogens is 1. The van der Waals surface area contributed by atoms with Gasteiger partial charge in [0.25, 0.3) is 5.91 Å². The number of hydrogen-bond donors (Lipinski definition) is 0. The third-order valence-corrected chi connectivity index (χ3v) is 6.36. The van der Waals surface area contributed by atoms with Gasteiger partial charge in [0.05, 0.1) is 19.8 Å². The SMILES string of the molecule is CCOC(=O)c1c(C)c(C(=O)[C@H](C)N(Cc2ccc(F)cc2)C(=O)c2ccc(OC)cc2)c(C)n1C. The lowest BCUT2D eigenvalue weighted by molar-refractivity contribution is 0.0513. The minimum absolute atomic E-state index is 0.0910. The molecule has 0 radical (unpaired) electrons. The number of ketones is 1. The number of rotatable bonds is 9. The number of ether oxygens (including phenoxy) is 2. The summed E-state index contributed by atoms with van der Waals surface area (Å²) < 4.78 is 25.5. The Morgan fingerprint density at radius 3 is 2.19 bits per heavy atom. The number of benzene rings is 2. The van der Waals surface area contributed by atoms with Crippen LogP contribution in [0.2, 0.25) is 0 Å². The number of nitrogens with zero attached hydrogens (tertiary/aromatic N) is 2. The average molecular weight is 495 g/mol. The first-order valence-electron chi connectivity index (χ1n) is 11.7. The Bertz CT molecular complexity index is 1260. The maximum Gasteiger partial charge on any atom is 0.355 e. The molecule has 1 atom stereocenters. The minimum Gasteiger partial charge on any atom is -0.497 e. The number of carbonyl (C=O) groups excluding carboxylic acids is 3. The van der Waals surface area contributed by atoms with E-state index < -0.39 is 17.8 Å². The van der Waals surface area contributed by atoms with Crippen molar-refractivity contribution in [3.63, 3.8) is 0 Å². The number of aromatic nitrogens is 1. The molecule has 1 heterocycles. The molecule has 8 heteroatoms. The number of methoxy groups -OCH3 is 1. The summed E-state index contributed by atoms with van der Waals surface area (Å²) in [6.07, 6.45) is 0. The van der Waals surface area contributed by atoms with E-state index in [1.54, 1.807) is 75.7 Å². The van der Waals surface area contributed by atoms with E-state index in [1.807, 2.05) is 0 Å². The lowest BCUT2D eigenvalue weighted by atomic mass is 9.98. The van der Waals surface area contributed by atoms with Gasteiger partial charge in [0.15, 0.2) is 5.78 Å². The second-order valence-electron chi connectivity index (χ2n) is 8.54. The molecule has 2 aromatic carbocycles. The molecular weight excluding hydrogens is 463 g/mol. The van der Waals surface area contributed by atoms with Gasteiger partial charge in [-0.15, -0.1) is 0 Å². The van der Waals surface area contributed by atoms with Crippen LogP contribution in [0, 0.1) is 19.7 Å². The molecule has 0 unspecified atom stereocenters. The second-order valence-corrected chi connectivity index (χ2v) is 8.54. The largest absolute Gasteiger partial charge is 0.497 e. The molecule has 1 aromatic heterocycles. The Kier molecular flexibility index (Phi) is 8.29. The monoisotopic (exact) mass is 494 g/mol. The van der Waals surface area contributed by atoms with E-state index in [0.717, 1.165) is 0 Å². The first kappa shape index (κ1) is 26.7. The highest BCUT2D eigenvalue weighted by atomic mass is 19.1. The molecular formula is C28H31FN2O5. The summed E-state index contributed by atoms with van der Waals surface area (Å²) >= 11 is 0. The first-order valence-corrected chi connectivity index (χ1v) is 11.7. The zero-order valence-electron chi connectivity index (χ0n) is 21.4. The van der Waals surface area contributed by atoms with E-state index in [0.29, 0.717) is 39.4 Å². The zero-order chi connectivity index (χ0) is 26.6. The fraction of sp³-hybridized carbons (Fsp3) is 0.321. The van der Waals surface area contributed by atoms with Gasteiger partial charge in [-0.3, -0.25) is 9.59 Å². The highest BCUT2D eigenvalue weighted by Gasteiger charge is 2.33. The summed E-state index contributed by atoms with van der Waals surface area (Å²) in [5.74, 6) is -0.967. The van der Waals surface area contributed by atoms with Crippen LogP contribution in [0.25, 0.3) is 0 Å². The topological polar surface area (TPSA) is 77.8 Å². The molecule has 0 spiro atoms. The molecule has 0 aliphatic heterocycles. The Hall–Kier alpha value is -3.94. The van der Waals surface area contributed by atoms with Crippen LogP contribution >= 0.6 is 0 Å². The Balaban J connectivity index is 2.02. The van der Waals surface area contributed by atoms with Crippen molar-refractivity contribution in [1.82, 2.24) is 9.47 Å². The minimum atomic E-state index is -0.875. The van der Waals surface area contributed by atoms with E-state index in [-0.39, 0.29) is 24.8 Å². The predicted octanol–water partition coefficient (Wildman–Crippen LogP) is 4.88. The van der Waals surface area contributed by atoms with Gasteiger partial charge in [-0.2, -0.15) is 0 Å². The number of amides is 1. The highest BCUT2D eigenvalue weighted by Crippen LogP contribution is 2.26. The van der Waals surface area contributed by atoms with Crippen LogP contribution in [0.1, 0.15) is 61.9 Å². The molecule has 0 aliphatic rings. The lowest BCUT2D eigenvalue weighted by Gasteiger charge is -2.29. The molecule has 0 N–H and O–H groups in total. The molecule has 0 fully saturated rings. The van der Waals surface area contributed by atoms with Crippen molar-refractivity contribution in [2.75, 3.05) is 13.7 Å². The smallest absolute Gasteiger partial charge is 0.355 e. The highest BCUT2D eigenvalue weighted by molar-refractivity contribution is 6.07. The van der Waals surface area contributed by atoms with Gasteiger partial charge in [0, 0.05) is 30.4 Å². The van der Waals surface area contributed by atoms with Crippen molar-refractivity contribution < 1.29 is 28.2 Å². The van der Waals surface area contributed by atoms with Crippen LogP contribution in [0.3, 0.4) is 0 Å². The maximum atomic E-state index is 13.8. The summed E-state index contributed by atoms with van der Waals surface area (Å²) in [7, 11) is 3.24. The van der Waals surface area contributed by atoms with Crippen LogP contribution in [0.5, 0.6) is 5.75 Å². The van der Waals surface area contributed by atoms with Crippen molar-refractivity contribution in [1.29, 1.82) is 0 Å². The molecule has 0 saturated carbocycles. The first-order chi connectivity index (χ1) is 17.1. The van der Waals surface area contributed by atoms with E-state index in [9.17, 15) is 18.8 Å². The summed E-state index contributed by atoms with van der Waals surface area (Å²) in [4.78, 5) is 41.4. The third-order valence-electron chi connectivity index (χ3n) is 6.36. The molecule has 7 nitrogen and oxygen atoms in total. The molecule has 0 saturated heterocycles. The van der Waals surface area contributed by atoms with Gasteiger partial charge >= 0.3 is 5.97 Å². The quantitative estimate of drug-likeness (QED) is 0.313. The van der Waals surface area contributed by atoms with Gasteiger partial charge in [0.1, 0.15) is 17.3 Å². The molecule has 3 rings (SSSR count). The summed E-state index contributed by atoms with van der Waals surface area (Å²) in [5, 5.41) is 0. The number of esters is 1. The molecule has 1 amide bonds. The number of Topliss-reactive ketones (excluding diaryl/α,β-unsaturated/α-hetero) is 1. The number of carbonyl (C=O) groups is 3. The Morgan fingerprint density at radius 1 is 1.03 bits per heavy atom. The maximum absolute atomic E-state index is 13.8. The van der Waals surface area contributed by atoms with Gasteiger partial charge in [0.2, 0.25) is 0 Å². The molecule has 36 heavy (non-hydrogen) atoms. The second kappa shape index (κ2) is 11.2. The Morgan fingerprint density at radius 2 is 1.64 bits per heavy atom. The number of hydrogen-bond acceptors (Lipinski definition) is 5. The summed E-state index contributed by atoms with van der Waals surface area (Å²) in [6.45, 7) is 7.14. The average Bonchev–Trinajstić information content (AvgIpc) is 3.10. The van der Waals surface area contributed by atoms with Crippen molar-refractivity contribution in [2.45, 2.75) is 40.3 Å². The fourth-order valence-corrected chi connectivity index (χ4v) is 4.25. The third kappa shape index (κ3) is 5.32. The van der Waals surface area contributed by atoms with Crippen molar-refractivity contribution >= 4 is 17.7 Å². The van der Waals surface area contributed by atoms with Crippen molar-refractivity contribution in [2.24, 2.45) is 7.05 Å². The van der Waals surface area contributed by atoms with E-state index >= 15 is 0 Å². The van der Waals surface area contributed by atoms with Crippen molar-refractivity contribution in [3.05, 3.63) is 88.0 Å². The van der Waals surface area contributed by atoms with Crippen LogP contribution in [0.15, 0.2) is 48.5 Å². The molecule has 0 aliphatic carbocycles. The van der Waals surface area contributed by atoms with E-state index in [1.165, 1.54) is 24.1 Å². The van der Waals surface area contributed by atoms with Gasteiger partial charge in [-0.25, -0.2) is 9.18 Å². The lowest BCUT2D eigenvalue weighted by Crippen LogP contribution is -2.43. The predicted molar refractivity (Wildman–Crippen MR) is 134 cm³/mol. The van der Waals surface area contributed by atoms with Crippen LogP contribution in [0.4, 0.5) is 4.39 Å².